The molecule has 1 unspecified atom stereocenters. The first kappa shape index (κ1) is 15.8. The largest absolute Gasteiger partial charge is 0.314 e. The van der Waals surface area contributed by atoms with Crippen molar-refractivity contribution in [2.45, 2.75) is 32.7 Å². The SMILES string of the molecule is CC(C)NCC1CCCN(S(=O)(=O)Nc2ccsc2)C1. The van der Waals surface area contributed by atoms with Crippen LogP contribution in [0.25, 0.3) is 0 Å². The smallest absolute Gasteiger partial charge is 0.301 e. The number of nitrogens with one attached hydrogen (secondary N) is 2. The Kier molecular flexibility index (Phi) is 5.42. The van der Waals surface area contributed by atoms with Crippen LogP contribution in [0.5, 0.6) is 0 Å². The number of piperidine rings is 1. The van der Waals surface area contributed by atoms with Crippen molar-refractivity contribution in [2.75, 3.05) is 24.4 Å². The molecule has 1 aliphatic heterocycles. The van der Waals surface area contributed by atoms with E-state index < -0.39 is 10.2 Å². The molecular formula is C13H23N3O2S2. The molecule has 114 valence electrons. The Morgan fingerprint density at radius 2 is 2.30 bits per heavy atom. The van der Waals surface area contributed by atoms with Gasteiger partial charge in [-0.2, -0.15) is 24.1 Å². The van der Waals surface area contributed by atoms with Crippen LogP contribution < -0.4 is 10.0 Å². The normalized spacial score (nSPS) is 21.2. The number of nitrogens with zero attached hydrogens (tertiary/aromatic N) is 1. The highest BCUT2D eigenvalue weighted by Gasteiger charge is 2.28. The van der Waals surface area contributed by atoms with Crippen LogP contribution in [0.2, 0.25) is 0 Å². The summed E-state index contributed by atoms with van der Waals surface area (Å²) in [5, 5.41) is 7.06. The summed E-state index contributed by atoms with van der Waals surface area (Å²) in [6.07, 6.45) is 2.01. The molecule has 0 bridgehead atoms. The highest BCUT2D eigenvalue weighted by molar-refractivity contribution is 7.90. The number of rotatable bonds is 6. The molecule has 1 saturated heterocycles. The van der Waals surface area contributed by atoms with Crippen molar-refractivity contribution in [3.05, 3.63) is 16.8 Å². The second-order valence-corrected chi connectivity index (χ2v) is 8.00. The fraction of sp³-hybridized carbons (Fsp3) is 0.692. The molecule has 1 atom stereocenters. The van der Waals surface area contributed by atoms with Crippen LogP contribution in [-0.4, -0.2) is 38.4 Å². The highest BCUT2D eigenvalue weighted by atomic mass is 32.2. The first-order valence-corrected chi connectivity index (χ1v) is 9.39. The minimum atomic E-state index is -3.42. The van der Waals surface area contributed by atoms with Crippen LogP contribution in [0, 0.1) is 5.92 Å². The van der Waals surface area contributed by atoms with Crippen LogP contribution in [0.1, 0.15) is 26.7 Å². The minimum Gasteiger partial charge on any atom is -0.314 e. The lowest BCUT2D eigenvalue weighted by molar-refractivity contribution is 0.258. The molecule has 1 fully saturated rings. The summed E-state index contributed by atoms with van der Waals surface area (Å²) in [5.74, 6) is 0.394. The van der Waals surface area contributed by atoms with Crippen LogP contribution >= 0.6 is 11.3 Å². The van der Waals surface area contributed by atoms with Gasteiger partial charge in [-0.1, -0.05) is 13.8 Å². The zero-order valence-corrected chi connectivity index (χ0v) is 13.6. The maximum Gasteiger partial charge on any atom is 0.301 e. The topological polar surface area (TPSA) is 61.4 Å². The van der Waals surface area contributed by atoms with E-state index in [1.54, 1.807) is 15.8 Å². The molecule has 0 aliphatic carbocycles. The van der Waals surface area contributed by atoms with Gasteiger partial charge in [-0.05, 0) is 36.8 Å². The van der Waals surface area contributed by atoms with E-state index in [1.807, 2.05) is 5.38 Å². The zero-order chi connectivity index (χ0) is 14.6. The third kappa shape index (κ3) is 4.44. The van der Waals surface area contributed by atoms with E-state index in [0.29, 0.717) is 30.7 Å². The van der Waals surface area contributed by atoms with Crippen molar-refractivity contribution < 1.29 is 8.42 Å². The first-order valence-electron chi connectivity index (χ1n) is 7.01. The average Bonchev–Trinajstić information content (AvgIpc) is 2.89. The van der Waals surface area contributed by atoms with Gasteiger partial charge < -0.3 is 5.32 Å². The van der Waals surface area contributed by atoms with Gasteiger partial charge in [0, 0.05) is 24.5 Å². The lowest BCUT2D eigenvalue weighted by Crippen LogP contribution is -2.45. The van der Waals surface area contributed by atoms with E-state index in [9.17, 15) is 8.42 Å². The second kappa shape index (κ2) is 6.89. The number of hydrogen-bond donors (Lipinski definition) is 2. The molecule has 20 heavy (non-hydrogen) atoms. The Morgan fingerprint density at radius 1 is 1.50 bits per heavy atom. The molecule has 2 rings (SSSR count). The van der Waals surface area contributed by atoms with Crippen molar-refractivity contribution in [2.24, 2.45) is 5.92 Å². The number of anilines is 1. The van der Waals surface area contributed by atoms with Gasteiger partial charge in [0.15, 0.2) is 0 Å². The van der Waals surface area contributed by atoms with Crippen molar-refractivity contribution in [3.8, 4) is 0 Å². The van der Waals surface area contributed by atoms with Gasteiger partial charge in [-0.3, -0.25) is 4.72 Å². The Hall–Kier alpha value is -0.630. The molecule has 1 aliphatic rings. The van der Waals surface area contributed by atoms with Gasteiger partial charge in [0.05, 0.1) is 5.69 Å². The highest BCUT2D eigenvalue weighted by Crippen LogP contribution is 2.21. The van der Waals surface area contributed by atoms with Gasteiger partial charge in [0.25, 0.3) is 0 Å². The predicted molar refractivity (Wildman–Crippen MR) is 84.3 cm³/mol. The summed E-state index contributed by atoms with van der Waals surface area (Å²) in [7, 11) is -3.42. The van der Waals surface area contributed by atoms with E-state index in [4.69, 9.17) is 0 Å². The quantitative estimate of drug-likeness (QED) is 0.845. The Balaban J connectivity index is 1.93. The van der Waals surface area contributed by atoms with Crippen LogP contribution in [0.15, 0.2) is 16.8 Å². The van der Waals surface area contributed by atoms with Crippen molar-refractivity contribution in [3.63, 3.8) is 0 Å². The maximum atomic E-state index is 12.3. The Bertz CT molecular complexity index is 500. The summed E-state index contributed by atoms with van der Waals surface area (Å²) < 4.78 is 28.9. The number of hydrogen-bond acceptors (Lipinski definition) is 4. The first-order chi connectivity index (χ1) is 9.47. The fourth-order valence-corrected chi connectivity index (χ4v) is 4.34. The van der Waals surface area contributed by atoms with E-state index in [-0.39, 0.29) is 0 Å². The van der Waals surface area contributed by atoms with Gasteiger partial charge in [-0.15, -0.1) is 0 Å². The maximum absolute atomic E-state index is 12.3. The van der Waals surface area contributed by atoms with Crippen molar-refractivity contribution >= 4 is 27.2 Å². The molecular weight excluding hydrogens is 294 g/mol. The predicted octanol–water partition coefficient (Wildman–Crippen LogP) is 2.11. The molecule has 0 aromatic carbocycles. The minimum absolute atomic E-state index is 0.394. The third-order valence-corrected chi connectivity index (χ3v) is 5.59. The van der Waals surface area contributed by atoms with E-state index in [1.165, 1.54) is 11.3 Å². The van der Waals surface area contributed by atoms with Gasteiger partial charge in [0.2, 0.25) is 0 Å². The Labute approximate surface area is 125 Å². The molecule has 5 nitrogen and oxygen atoms in total. The molecule has 1 aromatic rings. The van der Waals surface area contributed by atoms with Gasteiger partial charge in [0.1, 0.15) is 0 Å². The van der Waals surface area contributed by atoms with Crippen LogP contribution in [0.4, 0.5) is 5.69 Å². The van der Waals surface area contributed by atoms with Crippen molar-refractivity contribution in [1.82, 2.24) is 9.62 Å². The molecule has 0 radical (unpaired) electrons. The third-order valence-electron chi connectivity index (χ3n) is 3.40. The second-order valence-electron chi connectivity index (χ2n) is 5.55. The summed E-state index contributed by atoms with van der Waals surface area (Å²) in [6, 6.07) is 2.22. The summed E-state index contributed by atoms with van der Waals surface area (Å²) >= 11 is 1.48. The van der Waals surface area contributed by atoms with Crippen molar-refractivity contribution in [1.29, 1.82) is 0 Å². The Morgan fingerprint density at radius 3 is 2.95 bits per heavy atom. The molecule has 1 aromatic heterocycles. The molecule has 0 amide bonds. The average molecular weight is 317 g/mol. The summed E-state index contributed by atoms with van der Waals surface area (Å²) in [5.41, 5.74) is 0.650. The summed E-state index contributed by atoms with van der Waals surface area (Å²) in [6.45, 7) is 6.30. The number of thiophene rings is 1. The lowest BCUT2D eigenvalue weighted by Gasteiger charge is -2.32. The molecule has 7 heteroatoms. The van der Waals surface area contributed by atoms with E-state index >= 15 is 0 Å². The summed E-state index contributed by atoms with van der Waals surface area (Å²) in [4.78, 5) is 0. The van der Waals surface area contributed by atoms with Gasteiger partial charge >= 0.3 is 10.2 Å². The van der Waals surface area contributed by atoms with Gasteiger partial charge in [-0.25, -0.2) is 0 Å². The van der Waals surface area contributed by atoms with E-state index in [2.05, 4.69) is 23.9 Å². The lowest BCUT2D eigenvalue weighted by atomic mass is 9.99. The standard InChI is InChI=1S/C13H23N3O2S2/c1-11(2)14-8-12-4-3-6-16(9-12)20(17,18)15-13-5-7-19-10-13/h5,7,10-12,14-15H,3-4,6,8-9H2,1-2H3. The monoisotopic (exact) mass is 317 g/mol. The zero-order valence-electron chi connectivity index (χ0n) is 12.0. The molecule has 0 spiro atoms. The molecule has 2 heterocycles. The fourth-order valence-electron chi connectivity index (χ4n) is 2.35. The van der Waals surface area contributed by atoms with Crippen LogP contribution in [0.3, 0.4) is 0 Å². The molecule has 0 saturated carbocycles. The molecule has 2 N–H and O–H groups in total. The van der Waals surface area contributed by atoms with E-state index in [0.717, 1.165) is 19.4 Å². The van der Waals surface area contributed by atoms with Crippen LogP contribution in [-0.2, 0) is 10.2 Å².